The molecule has 5 aliphatic rings. The molecule has 4 fully saturated rings. The van der Waals surface area contributed by atoms with Gasteiger partial charge in [0.25, 0.3) is 5.70 Å². The molecule has 0 aromatic rings. The van der Waals surface area contributed by atoms with Gasteiger partial charge in [-0.25, -0.2) is 4.39 Å². The molecule has 0 bridgehead atoms. The SMILES string of the molecule is CC1(C)O[C@@H]2C[C@H]3[C@@H]4C[C@H](F)C5=CC(=O)C=C([N+](=O)[O-])[C@]5(C)[C@H]4[C@@H](O)C[C@]3(C)[C@]2(CCO)O1. The van der Waals surface area contributed by atoms with E-state index in [9.17, 15) is 25.1 Å². The molecule has 1 aliphatic heterocycles. The zero-order valence-corrected chi connectivity index (χ0v) is 19.4. The van der Waals surface area contributed by atoms with Crippen molar-refractivity contribution in [2.45, 2.75) is 83.1 Å². The molecule has 33 heavy (non-hydrogen) atoms. The Balaban J connectivity index is 1.63. The van der Waals surface area contributed by atoms with Gasteiger partial charge in [0.15, 0.2) is 11.6 Å². The van der Waals surface area contributed by atoms with Crippen LogP contribution in [0.5, 0.6) is 0 Å². The van der Waals surface area contributed by atoms with Gasteiger partial charge in [0.1, 0.15) is 11.8 Å². The Labute approximate surface area is 192 Å². The number of ketones is 1. The van der Waals surface area contributed by atoms with Gasteiger partial charge in [-0.2, -0.15) is 0 Å². The van der Waals surface area contributed by atoms with Gasteiger partial charge in [-0.15, -0.1) is 0 Å². The molecule has 4 aliphatic carbocycles. The third-order valence-electron chi connectivity index (χ3n) is 9.52. The van der Waals surface area contributed by atoms with E-state index in [0.717, 1.165) is 6.08 Å². The van der Waals surface area contributed by atoms with E-state index >= 15 is 4.39 Å². The van der Waals surface area contributed by atoms with E-state index < -0.39 is 51.1 Å². The third kappa shape index (κ3) is 2.79. The highest BCUT2D eigenvalue weighted by Crippen LogP contribution is 2.71. The standard InChI is InChI=1S/C24H32FNO7/c1-21(2)32-19-10-14-13-9-16(25)15-7-12(28)8-18(26(30)31)23(15,4)20(13)17(29)11-22(14,3)24(19,33-21)5-6-27/h7-8,13-14,16-17,19-20,27,29H,5-6,9-11H2,1-4H3/t13-,14-,16-,17-,19+,20+,22-,23+,24+/m0/s1. The maximum Gasteiger partial charge on any atom is 0.260 e. The van der Waals surface area contributed by atoms with Crippen LogP contribution < -0.4 is 0 Å². The van der Waals surface area contributed by atoms with Crippen LogP contribution in [0.3, 0.4) is 0 Å². The van der Waals surface area contributed by atoms with Crippen LogP contribution in [0.15, 0.2) is 23.4 Å². The van der Waals surface area contributed by atoms with E-state index in [1.54, 1.807) is 6.92 Å². The van der Waals surface area contributed by atoms with Crippen molar-refractivity contribution in [2.24, 2.45) is 28.6 Å². The van der Waals surface area contributed by atoms with E-state index in [1.807, 2.05) is 20.8 Å². The van der Waals surface area contributed by atoms with E-state index in [0.29, 0.717) is 12.8 Å². The molecule has 3 saturated carbocycles. The Hall–Kier alpha value is -1.68. The number of aliphatic hydroxyl groups is 2. The van der Waals surface area contributed by atoms with E-state index in [-0.39, 0.29) is 48.7 Å². The minimum absolute atomic E-state index is 0.0764. The number of halogens is 1. The third-order valence-corrected chi connectivity index (χ3v) is 9.52. The lowest BCUT2D eigenvalue weighted by atomic mass is 9.45. The van der Waals surface area contributed by atoms with Gasteiger partial charge in [-0.3, -0.25) is 14.9 Å². The van der Waals surface area contributed by atoms with Crippen LogP contribution in [-0.4, -0.2) is 57.3 Å². The Morgan fingerprint density at radius 3 is 2.58 bits per heavy atom. The first kappa shape index (κ1) is 23.1. The van der Waals surface area contributed by atoms with Crippen molar-refractivity contribution in [2.75, 3.05) is 6.61 Å². The maximum atomic E-state index is 15.7. The summed E-state index contributed by atoms with van der Waals surface area (Å²) in [4.78, 5) is 23.5. The van der Waals surface area contributed by atoms with Gasteiger partial charge in [0.05, 0.1) is 28.6 Å². The van der Waals surface area contributed by atoms with Gasteiger partial charge < -0.3 is 19.7 Å². The molecule has 0 aromatic carbocycles. The smallest absolute Gasteiger partial charge is 0.260 e. The van der Waals surface area contributed by atoms with Crippen molar-refractivity contribution in [3.63, 3.8) is 0 Å². The van der Waals surface area contributed by atoms with Crippen molar-refractivity contribution in [3.8, 4) is 0 Å². The number of alkyl halides is 1. The first-order chi connectivity index (χ1) is 15.3. The van der Waals surface area contributed by atoms with Gasteiger partial charge in [-0.05, 0) is 63.5 Å². The second-order valence-corrected chi connectivity index (χ2v) is 11.4. The molecule has 9 atom stereocenters. The van der Waals surface area contributed by atoms with Crippen molar-refractivity contribution >= 4 is 5.78 Å². The molecule has 2 N–H and O–H groups in total. The van der Waals surface area contributed by atoms with Gasteiger partial charge >= 0.3 is 0 Å². The Morgan fingerprint density at radius 2 is 1.94 bits per heavy atom. The number of hydrogen-bond donors (Lipinski definition) is 2. The molecule has 9 heteroatoms. The molecular weight excluding hydrogens is 433 g/mol. The fraction of sp³-hybridized carbons (Fsp3) is 0.792. The van der Waals surface area contributed by atoms with Crippen LogP contribution in [-0.2, 0) is 14.3 Å². The van der Waals surface area contributed by atoms with Crippen LogP contribution in [0.1, 0.15) is 53.4 Å². The highest BCUT2D eigenvalue weighted by atomic mass is 19.1. The van der Waals surface area contributed by atoms with Crippen LogP contribution in [0, 0.1) is 38.7 Å². The first-order valence-electron chi connectivity index (χ1n) is 11.7. The normalized spacial score (nSPS) is 50.0. The summed E-state index contributed by atoms with van der Waals surface area (Å²) in [6, 6.07) is 0. The molecule has 8 nitrogen and oxygen atoms in total. The van der Waals surface area contributed by atoms with Crippen LogP contribution in [0.2, 0.25) is 0 Å². The summed E-state index contributed by atoms with van der Waals surface area (Å²) in [6.07, 6.45) is 0.577. The lowest BCUT2D eigenvalue weighted by Crippen LogP contribution is -2.63. The lowest BCUT2D eigenvalue weighted by molar-refractivity contribution is -0.444. The second kappa shape index (κ2) is 6.93. The average Bonchev–Trinajstić information content (AvgIpc) is 3.07. The number of aliphatic hydroxyl groups excluding tert-OH is 2. The second-order valence-electron chi connectivity index (χ2n) is 11.4. The summed E-state index contributed by atoms with van der Waals surface area (Å²) in [7, 11) is 0. The fourth-order valence-corrected chi connectivity index (χ4v) is 8.51. The number of nitro groups is 1. The molecular formula is C24H32FNO7. The molecule has 0 unspecified atom stereocenters. The van der Waals surface area contributed by atoms with Crippen molar-refractivity contribution in [1.82, 2.24) is 0 Å². The fourth-order valence-electron chi connectivity index (χ4n) is 8.51. The number of carbonyl (C=O) groups excluding carboxylic acids is 1. The van der Waals surface area contributed by atoms with Crippen molar-refractivity contribution in [3.05, 3.63) is 33.5 Å². The van der Waals surface area contributed by atoms with Gasteiger partial charge in [0.2, 0.25) is 0 Å². The summed E-state index contributed by atoms with van der Waals surface area (Å²) >= 11 is 0. The number of carbonyl (C=O) groups is 1. The first-order valence-corrected chi connectivity index (χ1v) is 11.7. The Bertz CT molecular complexity index is 978. The van der Waals surface area contributed by atoms with Crippen LogP contribution >= 0.6 is 0 Å². The van der Waals surface area contributed by atoms with E-state index in [2.05, 4.69) is 0 Å². The van der Waals surface area contributed by atoms with Crippen LogP contribution in [0.25, 0.3) is 0 Å². The Morgan fingerprint density at radius 1 is 1.24 bits per heavy atom. The maximum absolute atomic E-state index is 15.7. The van der Waals surface area contributed by atoms with Crippen molar-refractivity contribution in [1.29, 1.82) is 0 Å². The minimum Gasteiger partial charge on any atom is -0.396 e. The predicted molar refractivity (Wildman–Crippen MR) is 114 cm³/mol. The molecule has 5 rings (SSSR count). The monoisotopic (exact) mass is 465 g/mol. The lowest BCUT2D eigenvalue weighted by Gasteiger charge is -2.60. The molecule has 0 spiro atoms. The Kier molecular flexibility index (Phi) is 4.85. The van der Waals surface area contributed by atoms with Gasteiger partial charge in [0, 0.05) is 24.4 Å². The number of fused-ring (bicyclic) bond motifs is 7. The minimum atomic E-state index is -1.52. The summed E-state index contributed by atoms with van der Waals surface area (Å²) in [5, 5.41) is 33.5. The van der Waals surface area contributed by atoms with Crippen LogP contribution in [0.4, 0.5) is 4.39 Å². The average molecular weight is 466 g/mol. The zero-order valence-electron chi connectivity index (χ0n) is 19.4. The molecule has 182 valence electrons. The zero-order chi connectivity index (χ0) is 24.1. The highest BCUT2D eigenvalue weighted by Gasteiger charge is 2.75. The number of rotatable bonds is 3. The highest BCUT2D eigenvalue weighted by molar-refractivity contribution is 6.01. The molecule has 0 radical (unpaired) electrons. The largest absolute Gasteiger partial charge is 0.396 e. The quantitative estimate of drug-likeness (QED) is 0.486. The molecule has 1 heterocycles. The number of ether oxygens (including phenoxy) is 2. The van der Waals surface area contributed by atoms with Crippen molar-refractivity contribution < 1.29 is 33.8 Å². The summed E-state index contributed by atoms with van der Waals surface area (Å²) in [5.41, 5.74) is -3.09. The van der Waals surface area contributed by atoms with Gasteiger partial charge in [-0.1, -0.05) is 6.92 Å². The number of allylic oxidation sites excluding steroid dienone is 3. The topological polar surface area (TPSA) is 119 Å². The molecule has 0 amide bonds. The number of hydrogen-bond acceptors (Lipinski definition) is 7. The van der Waals surface area contributed by atoms with E-state index in [4.69, 9.17) is 9.47 Å². The summed E-state index contributed by atoms with van der Waals surface area (Å²) in [5.74, 6) is -2.55. The number of nitrogens with zero attached hydrogens (tertiary/aromatic N) is 1. The molecule has 1 saturated heterocycles. The van der Waals surface area contributed by atoms with E-state index in [1.165, 1.54) is 6.08 Å². The molecule has 0 aromatic heterocycles. The predicted octanol–water partition coefficient (Wildman–Crippen LogP) is 2.70. The summed E-state index contributed by atoms with van der Waals surface area (Å²) < 4.78 is 28.4. The summed E-state index contributed by atoms with van der Waals surface area (Å²) in [6.45, 7) is 7.16.